The number of nitrogens with one attached hydrogen (secondary N) is 1. The van der Waals surface area contributed by atoms with Gasteiger partial charge in [0.25, 0.3) is 11.8 Å². The van der Waals surface area contributed by atoms with Crippen LogP contribution in [0.4, 0.5) is 14.9 Å². The number of rotatable bonds is 7. The molecule has 0 bridgehead atoms. The van der Waals surface area contributed by atoms with Crippen molar-refractivity contribution in [1.82, 2.24) is 9.88 Å². The van der Waals surface area contributed by atoms with Crippen molar-refractivity contribution >= 4 is 40.5 Å². The number of hydrogen-bond donors (Lipinski definition) is 1. The largest absolute Gasteiger partial charge is 0.493 e. The molecule has 4 amide bonds. The van der Waals surface area contributed by atoms with Crippen molar-refractivity contribution in [2.75, 3.05) is 11.5 Å². The number of halogens is 1. The average molecular weight is 512 g/mol. The minimum absolute atomic E-state index is 0.165. The molecule has 5 rings (SSSR count). The van der Waals surface area contributed by atoms with Crippen molar-refractivity contribution in [3.63, 3.8) is 0 Å². The van der Waals surface area contributed by atoms with E-state index in [0.717, 1.165) is 51.2 Å². The molecule has 1 aliphatic rings. The highest BCUT2D eigenvalue weighted by atomic mass is 19.1. The van der Waals surface area contributed by atoms with Crippen LogP contribution in [0, 0.1) is 19.7 Å². The number of benzene rings is 3. The van der Waals surface area contributed by atoms with E-state index in [1.54, 1.807) is 0 Å². The van der Waals surface area contributed by atoms with Crippen LogP contribution in [0.15, 0.2) is 78.5 Å². The third-order valence-corrected chi connectivity index (χ3v) is 6.45. The molecule has 1 aromatic heterocycles. The Morgan fingerprint density at radius 2 is 1.74 bits per heavy atom. The van der Waals surface area contributed by atoms with Gasteiger partial charge in [0.05, 0.1) is 12.3 Å². The van der Waals surface area contributed by atoms with Gasteiger partial charge >= 0.3 is 6.03 Å². The van der Waals surface area contributed by atoms with Gasteiger partial charge in [0, 0.05) is 29.2 Å². The number of nitrogens with zero attached hydrogens (tertiary/aromatic N) is 2. The van der Waals surface area contributed by atoms with Crippen LogP contribution in [0.25, 0.3) is 17.0 Å². The number of fused-ring (bicyclic) bond motifs is 1. The molecule has 38 heavy (non-hydrogen) atoms. The molecule has 1 fully saturated rings. The quantitative estimate of drug-likeness (QED) is 0.201. The Morgan fingerprint density at radius 3 is 2.53 bits per heavy atom. The third-order valence-electron chi connectivity index (χ3n) is 6.45. The third kappa shape index (κ3) is 4.93. The first kappa shape index (κ1) is 25.0. The van der Waals surface area contributed by atoms with Crippen LogP contribution in [0.2, 0.25) is 0 Å². The van der Waals surface area contributed by atoms with Crippen LogP contribution in [0.3, 0.4) is 0 Å². The zero-order valence-electron chi connectivity index (χ0n) is 21.0. The lowest BCUT2D eigenvalue weighted by Gasteiger charge is -2.26. The predicted octanol–water partition coefficient (Wildman–Crippen LogP) is 5.53. The molecular weight excluding hydrogens is 485 g/mol. The molecule has 0 spiro atoms. The molecule has 7 nitrogen and oxygen atoms in total. The second-order valence-electron chi connectivity index (χ2n) is 9.20. The molecule has 0 unspecified atom stereocenters. The summed E-state index contributed by atoms with van der Waals surface area (Å²) in [7, 11) is 0. The summed E-state index contributed by atoms with van der Waals surface area (Å²) in [6, 6.07) is 17.9. The number of carbonyl (C=O) groups excluding carboxylic acids is 3. The lowest BCUT2D eigenvalue weighted by atomic mass is 10.1. The van der Waals surface area contributed by atoms with Crippen molar-refractivity contribution in [1.29, 1.82) is 0 Å². The molecule has 0 atom stereocenters. The Balaban J connectivity index is 1.39. The van der Waals surface area contributed by atoms with E-state index < -0.39 is 23.7 Å². The number of aryl methyl sites for hydroxylation is 3. The number of amides is 4. The first-order valence-corrected chi connectivity index (χ1v) is 12.3. The number of urea groups is 1. The summed E-state index contributed by atoms with van der Waals surface area (Å²) in [5.41, 5.74) is 3.82. The zero-order chi connectivity index (χ0) is 26.8. The predicted molar refractivity (Wildman–Crippen MR) is 143 cm³/mol. The molecule has 2 heterocycles. The lowest BCUT2D eigenvalue weighted by Crippen LogP contribution is -2.54. The Morgan fingerprint density at radius 1 is 0.974 bits per heavy atom. The van der Waals surface area contributed by atoms with Gasteiger partial charge < -0.3 is 9.30 Å². The second kappa shape index (κ2) is 10.3. The summed E-state index contributed by atoms with van der Waals surface area (Å²) in [5.74, 6) is -1.19. The number of aromatic nitrogens is 1. The molecule has 3 aromatic carbocycles. The van der Waals surface area contributed by atoms with E-state index >= 15 is 0 Å². The van der Waals surface area contributed by atoms with E-state index in [9.17, 15) is 18.8 Å². The Bertz CT molecular complexity index is 1590. The monoisotopic (exact) mass is 511 g/mol. The molecular formula is C30H26FN3O4. The maximum absolute atomic E-state index is 13.4. The van der Waals surface area contributed by atoms with E-state index in [4.69, 9.17) is 4.74 Å². The van der Waals surface area contributed by atoms with Gasteiger partial charge in [-0.1, -0.05) is 30.3 Å². The van der Waals surface area contributed by atoms with Gasteiger partial charge in [-0.25, -0.2) is 14.1 Å². The Kier molecular flexibility index (Phi) is 6.79. The molecule has 0 aliphatic carbocycles. The number of ether oxygens (including phenoxy) is 1. The van der Waals surface area contributed by atoms with Gasteiger partial charge in [-0.3, -0.25) is 14.9 Å². The van der Waals surface area contributed by atoms with Gasteiger partial charge in [-0.15, -0.1) is 0 Å². The first-order chi connectivity index (χ1) is 18.3. The topological polar surface area (TPSA) is 80.6 Å². The van der Waals surface area contributed by atoms with E-state index in [0.29, 0.717) is 18.7 Å². The van der Waals surface area contributed by atoms with E-state index in [2.05, 4.69) is 16.0 Å². The lowest BCUT2D eigenvalue weighted by molar-refractivity contribution is -0.122. The molecule has 1 aliphatic heterocycles. The van der Waals surface area contributed by atoms with Crippen molar-refractivity contribution < 1.29 is 23.5 Å². The number of imide groups is 2. The highest BCUT2D eigenvalue weighted by molar-refractivity contribution is 6.39. The number of anilines is 1. The Hall–Kier alpha value is -4.72. The van der Waals surface area contributed by atoms with Crippen molar-refractivity contribution in [2.24, 2.45) is 0 Å². The van der Waals surface area contributed by atoms with Gasteiger partial charge in [-0.05, 0) is 73.9 Å². The smallest absolute Gasteiger partial charge is 0.335 e. The fraction of sp³-hybridized carbons (Fsp3) is 0.167. The van der Waals surface area contributed by atoms with Crippen LogP contribution >= 0.6 is 0 Å². The molecule has 1 N–H and O–H groups in total. The maximum Gasteiger partial charge on any atom is 0.335 e. The van der Waals surface area contributed by atoms with Crippen molar-refractivity contribution in [2.45, 2.75) is 26.8 Å². The fourth-order valence-corrected chi connectivity index (χ4v) is 4.49. The normalized spacial score (nSPS) is 14.9. The van der Waals surface area contributed by atoms with Gasteiger partial charge in [0.2, 0.25) is 0 Å². The molecule has 4 aromatic rings. The van der Waals surface area contributed by atoms with Crippen molar-refractivity contribution in [3.05, 3.63) is 101 Å². The number of hydrogen-bond acceptors (Lipinski definition) is 4. The summed E-state index contributed by atoms with van der Waals surface area (Å²) >= 11 is 0. The number of carbonyl (C=O) groups is 3. The fourth-order valence-electron chi connectivity index (χ4n) is 4.49. The van der Waals surface area contributed by atoms with Crippen molar-refractivity contribution in [3.8, 4) is 5.75 Å². The molecule has 192 valence electrons. The summed E-state index contributed by atoms with van der Waals surface area (Å²) < 4.78 is 21.4. The van der Waals surface area contributed by atoms with Crippen LogP contribution in [-0.4, -0.2) is 29.0 Å². The summed E-state index contributed by atoms with van der Waals surface area (Å²) in [5, 5.41) is 3.07. The van der Waals surface area contributed by atoms with Crippen LogP contribution in [0.5, 0.6) is 5.75 Å². The maximum atomic E-state index is 13.4. The Labute approximate surface area is 219 Å². The summed E-state index contributed by atoms with van der Waals surface area (Å²) in [6.07, 6.45) is 4.12. The SMILES string of the molecule is Cc1ccc(C)c(OCCCn2cc(/C=C3/C(=O)NC(=O)N(c4ccc(F)cc4)C3=O)c3ccccc32)c1. The standard InChI is InChI=1S/C30H26FN3O4/c1-19-8-9-20(2)27(16-19)38-15-5-14-33-18-21(24-6-3-4-7-26(24)33)17-25-28(35)32-30(37)34(29(25)36)23-12-10-22(31)11-13-23/h3-4,6-13,16-18H,5,14-15H2,1-2H3,(H,32,35,37)/b25-17-. The average Bonchev–Trinajstić information content (AvgIpc) is 3.24. The van der Waals surface area contributed by atoms with Gasteiger partial charge in [0.1, 0.15) is 17.1 Å². The molecule has 8 heteroatoms. The minimum Gasteiger partial charge on any atom is -0.493 e. The molecule has 1 saturated heterocycles. The van der Waals surface area contributed by atoms with E-state index in [1.807, 2.05) is 56.4 Å². The van der Waals surface area contributed by atoms with Crippen LogP contribution < -0.4 is 15.0 Å². The van der Waals surface area contributed by atoms with Gasteiger partial charge in [0.15, 0.2) is 0 Å². The summed E-state index contributed by atoms with van der Waals surface area (Å²) in [6.45, 7) is 5.24. The highest BCUT2D eigenvalue weighted by Gasteiger charge is 2.37. The van der Waals surface area contributed by atoms with Crippen LogP contribution in [0.1, 0.15) is 23.1 Å². The number of barbiturate groups is 1. The molecule has 0 radical (unpaired) electrons. The second-order valence-corrected chi connectivity index (χ2v) is 9.20. The molecule has 0 saturated carbocycles. The first-order valence-electron chi connectivity index (χ1n) is 12.3. The highest BCUT2D eigenvalue weighted by Crippen LogP contribution is 2.27. The minimum atomic E-state index is -0.880. The van der Waals surface area contributed by atoms with Crippen LogP contribution in [-0.2, 0) is 16.1 Å². The summed E-state index contributed by atoms with van der Waals surface area (Å²) in [4.78, 5) is 39.2. The van der Waals surface area contributed by atoms with E-state index in [1.165, 1.54) is 18.2 Å². The zero-order valence-corrected chi connectivity index (χ0v) is 21.0. The van der Waals surface area contributed by atoms with E-state index in [-0.39, 0.29) is 11.3 Å². The van der Waals surface area contributed by atoms with Gasteiger partial charge in [-0.2, -0.15) is 0 Å². The number of para-hydroxylation sites is 1.